The van der Waals surface area contributed by atoms with E-state index in [9.17, 15) is 4.79 Å². The summed E-state index contributed by atoms with van der Waals surface area (Å²) in [5.41, 5.74) is 1.09. The van der Waals surface area contributed by atoms with E-state index in [1.165, 1.54) is 12.8 Å². The van der Waals surface area contributed by atoms with Gasteiger partial charge in [0.05, 0.1) is 6.54 Å². The zero-order valence-electron chi connectivity index (χ0n) is 12.3. The van der Waals surface area contributed by atoms with Crippen molar-refractivity contribution in [3.63, 3.8) is 0 Å². The van der Waals surface area contributed by atoms with Crippen molar-refractivity contribution in [1.82, 2.24) is 16.0 Å². The number of carbonyl (C=O) groups is 1. The molecule has 0 aromatic heterocycles. The topological polar surface area (TPSA) is 65.5 Å². The normalized spacial score (nSPS) is 14.0. The minimum absolute atomic E-state index is 0. The van der Waals surface area contributed by atoms with Crippen molar-refractivity contribution in [2.45, 2.75) is 19.4 Å². The van der Waals surface area contributed by atoms with E-state index in [0.717, 1.165) is 18.0 Å². The number of halogens is 1. The van der Waals surface area contributed by atoms with Crippen LogP contribution in [0.3, 0.4) is 0 Å². The Hall–Kier alpha value is -1.31. The van der Waals surface area contributed by atoms with Gasteiger partial charge in [0.25, 0.3) is 0 Å². The van der Waals surface area contributed by atoms with Crippen molar-refractivity contribution in [1.29, 1.82) is 0 Å². The van der Waals surface area contributed by atoms with E-state index in [0.29, 0.717) is 12.5 Å². The molecule has 1 aliphatic rings. The van der Waals surface area contributed by atoms with Gasteiger partial charge in [-0.25, -0.2) is 0 Å². The maximum absolute atomic E-state index is 11.7. The van der Waals surface area contributed by atoms with Gasteiger partial charge in [-0.1, -0.05) is 30.3 Å². The first-order valence-electron chi connectivity index (χ1n) is 7.03. The third-order valence-corrected chi connectivity index (χ3v) is 3.23. The number of benzene rings is 1. The lowest BCUT2D eigenvalue weighted by Gasteiger charge is -2.11. The number of carbonyl (C=O) groups excluding carboxylic acids is 1. The fourth-order valence-corrected chi connectivity index (χ4v) is 1.81. The van der Waals surface area contributed by atoms with E-state index < -0.39 is 0 Å². The summed E-state index contributed by atoms with van der Waals surface area (Å²) in [6, 6.07) is 9.86. The lowest BCUT2D eigenvalue weighted by Crippen LogP contribution is -2.43. The monoisotopic (exact) mass is 402 g/mol. The lowest BCUT2D eigenvalue weighted by molar-refractivity contribution is -0.120. The average Bonchev–Trinajstić information content (AvgIpc) is 3.30. The number of amides is 1. The minimum atomic E-state index is -0.0387. The summed E-state index contributed by atoms with van der Waals surface area (Å²) in [5.74, 6) is 1.43. The molecule has 0 radical (unpaired) electrons. The van der Waals surface area contributed by atoms with Crippen molar-refractivity contribution in [2.24, 2.45) is 10.9 Å². The fourth-order valence-electron chi connectivity index (χ4n) is 1.81. The maximum atomic E-state index is 11.7. The molecule has 1 fully saturated rings. The minimum Gasteiger partial charge on any atom is -0.356 e. The molecule has 3 N–H and O–H groups in total. The van der Waals surface area contributed by atoms with Crippen LogP contribution < -0.4 is 16.0 Å². The Kier molecular flexibility index (Phi) is 8.11. The summed E-state index contributed by atoms with van der Waals surface area (Å²) < 4.78 is 0. The number of aliphatic imine (C=N–C) groups is 1. The van der Waals surface area contributed by atoms with Crippen LogP contribution in [0.4, 0.5) is 0 Å². The Bertz CT molecular complexity index is 460. The Morgan fingerprint density at radius 2 is 1.90 bits per heavy atom. The molecule has 0 aliphatic heterocycles. The summed E-state index contributed by atoms with van der Waals surface area (Å²) >= 11 is 0. The van der Waals surface area contributed by atoms with Crippen molar-refractivity contribution in [3.05, 3.63) is 35.9 Å². The summed E-state index contributed by atoms with van der Waals surface area (Å²) in [5, 5.41) is 9.11. The molecule has 6 heteroatoms. The first-order chi connectivity index (χ1) is 9.78. The first-order valence-corrected chi connectivity index (χ1v) is 7.03. The summed E-state index contributed by atoms with van der Waals surface area (Å²) in [6.07, 6.45) is 2.59. The van der Waals surface area contributed by atoms with Crippen LogP contribution in [0.2, 0.25) is 0 Å². The SMILES string of the molecule is CN=C(NCC(=O)NCc1ccccc1)NCC1CC1.I. The number of hydrogen-bond acceptors (Lipinski definition) is 2. The van der Waals surface area contributed by atoms with Crippen LogP contribution in [0.15, 0.2) is 35.3 Å². The molecule has 2 rings (SSSR count). The lowest BCUT2D eigenvalue weighted by atomic mass is 10.2. The molecule has 0 heterocycles. The largest absolute Gasteiger partial charge is 0.356 e. The maximum Gasteiger partial charge on any atom is 0.239 e. The molecule has 0 spiro atoms. The second-order valence-electron chi connectivity index (χ2n) is 5.01. The summed E-state index contributed by atoms with van der Waals surface area (Å²) in [4.78, 5) is 15.8. The number of nitrogens with one attached hydrogen (secondary N) is 3. The molecule has 0 atom stereocenters. The van der Waals surface area contributed by atoms with Gasteiger partial charge < -0.3 is 16.0 Å². The van der Waals surface area contributed by atoms with Gasteiger partial charge in [0, 0.05) is 20.1 Å². The molecular formula is C15H23IN4O. The van der Waals surface area contributed by atoms with E-state index >= 15 is 0 Å². The summed E-state index contributed by atoms with van der Waals surface area (Å²) in [7, 11) is 1.71. The van der Waals surface area contributed by atoms with Crippen LogP contribution in [-0.2, 0) is 11.3 Å². The van der Waals surface area contributed by atoms with Crippen molar-refractivity contribution < 1.29 is 4.79 Å². The van der Waals surface area contributed by atoms with Crippen LogP contribution in [-0.4, -0.2) is 32.0 Å². The second-order valence-corrected chi connectivity index (χ2v) is 5.01. The van der Waals surface area contributed by atoms with Gasteiger partial charge in [-0.15, -0.1) is 24.0 Å². The molecule has 0 bridgehead atoms. The van der Waals surface area contributed by atoms with Gasteiger partial charge in [0.2, 0.25) is 5.91 Å². The molecule has 21 heavy (non-hydrogen) atoms. The number of guanidine groups is 1. The third kappa shape index (κ3) is 7.31. The number of nitrogens with zero attached hydrogens (tertiary/aromatic N) is 1. The van der Waals surface area contributed by atoms with Crippen LogP contribution in [0, 0.1) is 5.92 Å². The van der Waals surface area contributed by atoms with Crippen molar-refractivity contribution >= 4 is 35.8 Å². The molecule has 0 unspecified atom stereocenters. The fraction of sp³-hybridized carbons (Fsp3) is 0.467. The molecule has 0 saturated heterocycles. The molecule has 1 saturated carbocycles. The predicted octanol–water partition coefficient (Wildman–Crippen LogP) is 1.50. The second kappa shape index (κ2) is 9.59. The quantitative estimate of drug-likeness (QED) is 0.384. The predicted molar refractivity (Wildman–Crippen MR) is 95.8 cm³/mol. The Morgan fingerprint density at radius 3 is 2.52 bits per heavy atom. The van der Waals surface area contributed by atoms with Crippen LogP contribution in [0.1, 0.15) is 18.4 Å². The zero-order chi connectivity index (χ0) is 14.2. The van der Waals surface area contributed by atoms with Crippen LogP contribution >= 0.6 is 24.0 Å². The van der Waals surface area contributed by atoms with Crippen LogP contribution in [0.5, 0.6) is 0 Å². The van der Waals surface area contributed by atoms with E-state index in [2.05, 4.69) is 20.9 Å². The highest BCUT2D eigenvalue weighted by Crippen LogP contribution is 2.27. The molecule has 1 aromatic rings. The summed E-state index contributed by atoms with van der Waals surface area (Å²) in [6.45, 7) is 1.72. The van der Waals surface area contributed by atoms with Gasteiger partial charge in [0.15, 0.2) is 5.96 Å². The molecule has 5 nitrogen and oxygen atoms in total. The van der Waals surface area contributed by atoms with Gasteiger partial charge >= 0.3 is 0 Å². The van der Waals surface area contributed by atoms with Gasteiger partial charge in [-0.05, 0) is 24.3 Å². The standard InChI is InChI=1S/C15H22N4O.HI/c1-16-15(18-10-13-7-8-13)19-11-14(20)17-9-12-5-3-2-4-6-12;/h2-6,13H,7-11H2,1H3,(H,17,20)(H2,16,18,19);1H. The van der Waals surface area contributed by atoms with E-state index in [4.69, 9.17) is 0 Å². The van der Waals surface area contributed by atoms with Crippen molar-refractivity contribution in [3.8, 4) is 0 Å². The Labute approximate surface area is 143 Å². The highest BCUT2D eigenvalue weighted by Gasteiger charge is 2.21. The van der Waals surface area contributed by atoms with Crippen molar-refractivity contribution in [2.75, 3.05) is 20.1 Å². The van der Waals surface area contributed by atoms with E-state index in [1.807, 2.05) is 30.3 Å². The molecular weight excluding hydrogens is 379 g/mol. The number of hydrogen-bond donors (Lipinski definition) is 3. The smallest absolute Gasteiger partial charge is 0.239 e. The molecule has 116 valence electrons. The molecule has 1 aliphatic carbocycles. The Balaban J connectivity index is 0.00000220. The van der Waals surface area contributed by atoms with Gasteiger partial charge in [-0.2, -0.15) is 0 Å². The molecule has 1 aromatic carbocycles. The van der Waals surface area contributed by atoms with E-state index in [-0.39, 0.29) is 36.4 Å². The first kappa shape index (κ1) is 17.7. The average molecular weight is 402 g/mol. The van der Waals surface area contributed by atoms with Gasteiger partial charge in [0.1, 0.15) is 0 Å². The Morgan fingerprint density at radius 1 is 1.19 bits per heavy atom. The highest BCUT2D eigenvalue weighted by atomic mass is 127. The van der Waals surface area contributed by atoms with E-state index in [1.54, 1.807) is 7.05 Å². The highest BCUT2D eigenvalue weighted by molar-refractivity contribution is 14.0. The molecule has 1 amide bonds. The number of rotatable bonds is 6. The van der Waals surface area contributed by atoms with Crippen LogP contribution in [0.25, 0.3) is 0 Å². The van der Waals surface area contributed by atoms with Gasteiger partial charge in [-0.3, -0.25) is 9.79 Å². The third-order valence-electron chi connectivity index (χ3n) is 3.23. The zero-order valence-corrected chi connectivity index (χ0v) is 14.6.